The Balaban J connectivity index is 1.86. The molecule has 0 bridgehead atoms. The first-order chi connectivity index (χ1) is 9.78. The number of hydrogen-bond donors (Lipinski definition) is 1. The van der Waals surface area contributed by atoms with E-state index in [2.05, 4.69) is 35.2 Å². The summed E-state index contributed by atoms with van der Waals surface area (Å²) in [5.41, 5.74) is 2.13. The van der Waals surface area contributed by atoms with E-state index in [1.807, 2.05) is 16.8 Å². The van der Waals surface area contributed by atoms with Gasteiger partial charge in [0.05, 0.1) is 0 Å². The number of rotatable bonds is 5. The lowest BCUT2D eigenvalue weighted by Crippen LogP contribution is -2.38. The van der Waals surface area contributed by atoms with Crippen molar-refractivity contribution in [2.75, 3.05) is 24.5 Å². The van der Waals surface area contributed by atoms with Crippen LogP contribution in [0.15, 0.2) is 18.3 Å². The highest BCUT2D eigenvalue weighted by molar-refractivity contribution is 5.50. The van der Waals surface area contributed by atoms with Gasteiger partial charge in [0.1, 0.15) is 0 Å². The van der Waals surface area contributed by atoms with Crippen molar-refractivity contribution in [1.29, 1.82) is 0 Å². The van der Waals surface area contributed by atoms with Gasteiger partial charge in [-0.15, -0.1) is 5.10 Å². The molecule has 5 nitrogen and oxygen atoms in total. The molecule has 1 aliphatic heterocycles. The van der Waals surface area contributed by atoms with Crippen LogP contribution in [0, 0.1) is 6.92 Å². The zero-order valence-electron chi connectivity index (χ0n) is 12.3. The minimum Gasteiger partial charge on any atom is -0.338 e. The zero-order chi connectivity index (χ0) is 13.9. The van der Waals surface area contributed by atoms with Crippen LogP contribution in [0.1, 0.15) is 31.7 Å². The van der Waals surface area contributed by atoms with Crippen LogP contribution in [-0.4, -0.2) is 40.3 Å². The van der Waals surface area contributed by atoms with Crippen molar-refractivity contribution in [3.8, 4) is 0 Å². The van der Waals surface area contributed by atoms with Crippen LogP contribution in [0.3, 0.4) is 0 Å². The average molecular weight is 273 g/mol. The first kappa shape index (κ1) is 13.4. The van der Waals surface area contributed by atoms with E-state index in [0.29, 0.717) is 6.04 Å². The van der Waals surface area contributed by atoms with E-state index in [1.165, 1.54) is 18.4 Å². The van der Waals surface area contributed by atoms with Gasteiger partial charge in [0.2, 0.25) is 5.95 Å². The second-order valence-electron chi connectivity index (χ2n) is 5.61. The van der Waals surface area contributed by atoms with Crippen LogP contribution >= 0.6 is 0 Å². The van der Waals surface area contributed by atoms with E-state index in [-0.39, 0.29) is 0 Å². The lowest BCUT2D eigenvalue weighted by Gasteiger charge is -2.23. The molecular weight excluding hydrogens is 250 g/mol. The lowest BCUT2D eigenvalue weighted by molar-refractivity contribution is 0.571. The largest absolute Gasteiger partial charge is 0.338 e. The third kappa shape index (κ3) is 2.63. The summed E-state index contributed by atoms with van der Waals surface area (Å²) in [6, 6.07) is 4.68. The summed E-state index contributed by atoms with van der Waals surface area (Å²) >= 11 is 0. The topological polar surface area (TPSA) is 45.5 Å². The summed E-state index contributed by atoms with van der Waals surface area (Å²) in [6.45, 7) is 7.44. The third-order valence-electron chi connectivity index (χ3n) is 3.93. The van der Waals surface area contributed by atoms with Crippen LogP contribution in [0.4, 0.5) is 5.95 Å². The van der Waals surface area contributed by atoms with Gasteiger partial charge in [-0.3, -0.25) is 0 Å². The van der Waals surface area contributed by atoms with Gasteiger partial charge >= 0.3 is 0 Å². The molecule has 0 aliphatic carbocycles. The smallest absolute Gasteiger partial charge is 0.245 e. The normalized spacial score (nSPS) is 18.8. The molecule has 1 fully saturated rings. The summed E-state index contributed by atoms with van der Waals surface area (Å²) in [7, 11) is 0. The minimum absolute atomic E-state index is 0.578. The van der Waals surface area contributed by atoms with Crippen LogP contribution in [0.2, 0.25) is 0 Å². The second-order valence-corrected chi connectivity index (χ2v) is 5.61. The third-order valence-corrected chi connectivity index (χ3v) is 3.93. The van der Waals surface area contributed by atoms with Crippen LogP contribution in [-0.2, 0) is 0 Å². The van der Waals surface area contributed by atoms with E-state index in [0.717, 1.165) is 37.7 Å². The fourth-order valence-corrected chi connectivity index (χ4v) is 2.88. The first-order valence-corrected chi connectivity index (χ1v) is 7.58. The van der Waals surface area contributed by atoms with Crippen LogP contribution in [0.5, 0.6) is 0 Å². The Morgan fingerprint density at radius 3 is 3.10 bits per heavy atom. The fourth-order valence-electron chi connectivity index (χ4n) is 2.88. The summed E-state index contributed by atoms with van der Waals surface area (Å²) < 4.78 is 1.88. The highest BCUT2D eigenvalue weighted by atomic mass is 15.4. The molecular formula is C15H23N5. The van der Waals surface area contributed by atoms with Gasteiger partial charge in [0.15, 0.2) is 5.65 Å². The number of pyridine rings is 1. The predicted molar refractivity (Wildman–Crippen MR) is 81.3 cm³/mol. The minimum atomic E-state index is 0.578. The number of nitrogens with zero attached hydrogens (tertiary/aromatic N) is 4. The maximum atomic E-state index is 4.72. The van der Waals surface area contributed by atoms with E-state index in [1.54, 1.807) is 0 Å². The highest BCUT2D eigenvalue weighted by Gasteiger charge is 2.20. The van der Waals surface area contributed by atoms with Gasteiger partial charge in [0, 0.05) is 25.3 Å². The molecule has 2 aromatic heterocycles. The number of nitrogens with one attached hydrogen (secondary N) is 1. The summed E-state index contributed by atoms with van der Waals surface area (Å²) in [5.74, 6) is 0.856. The van der Waals surface area contributed by atoms with Gasteiger partial charge in [-0.25, -0.2) is 4.52 Å². The molecule has 5 heteroatoms. The lowest BCUT2D eigenvalue weighted by atomic mass is 10.2. The maximum absolute atomic E-state index is 4.72. The summed E-state index contributed by atoms with van der Waals surface area (Å²) in [6.07, 6.45) is 5.62. The highest BCUT2D eigenvalue weighted by Crippen LogP contribution is 2.16. The quantitative estimate of drug-likeness (QED) is 0.905. The van der Waals surface area contributed by atoms with Gasteiger partial charge in [-0.2, -0.15) is 4.98 Å². The standard InChI is InChI=1S/C15H23N5/c1-3-9-19(11-13-7-4-8-16-13)15-17-14-12(2)6-5-10-20(14)18-15/h5-6,10,13,16H,3-4,7-9,11H2,1-2H3. The number of aryl methyl sites for hydroxylation is 1. The Morgan fingerprint density at radius 1 is 1.50 bits per heavy atom. The Hall–Kier alpha value is -1.62. The van der Waals surface area contributed by atoms with Gasteiger partial charge in [-0.05, 0) is 44.4 Å². The molecule has 0 saturated carbocycles. The summed E-state index contributed by atoms with van der Waals surface area (Å²) in [4.78, 5) is 7.04. The van der Waals surface area contributed by atoms with E-state index < -0.39 is 0 Å². The summed E-state index contributed by atoms with van der Waals surface area (Å²) in [5, 5.41) is 8.19. The predicted octanol–water partition coefficient (Wildman–Crippen LogP) is 2.01. The van der Waals surface area contributed by atoms with Gasteiger partial charge in [0.25, 0.3) is 0 Å². The first-order valence-electron chi connectivity index (χ1n) is 7.58. The van der Waals surface area contributed by atoms with E-state index in [4.69, 9.17) is 4.98 Å². The second kappa shape index (κ2) is 5.79. The molecule has 1 unspecified atom stereocenters. The molecule has 108 valence electrons. The molecule has 1 atom stereocenters. The van der Waals surface area contributed by atoms with Crippen molar-refractivity contribution in [3.63, 3.8) is 0 Å². The van der Waals surface area contributed by atoms with Crippen molar-refractivity contribution in [2.45, 2.75) is 39.2 Å². The van der Waals surface area contributed by atoms with Gasteiger partial charge < -0.3 is 10.2 Å². The van der Waals surface area contributed by atoms with Crippen LogP contribution in [0.25, 0.3) is 5.65 Å². The van der Waals surface area contributed by atoms with Crippen molar-refractivity contribution < 1.29 is 0 Å². The zero-order valence-corrected chi connectivity index (χ0v) is 12.3. The molecule has 0 radical (unpaired) electrons. The monoisotopic (exact) mass is 273 g/mol. The molecule has 3 heterocycles. The van der Waals surface area contributed by atoms with E-state index >= 15 is 0 Å². The Bertz CT molecular complexity index is 571. The molecule has 0 spiro atoms. The molecule has 0 aromatic carbocycles. The number of hydrogen-bond acceptors (Lipinski definition) is 4. The molecule has 1 aliphatic rings. The molecule has 3 rings (SSSR count). The fraction of sp³-hybridized carbons (Fsp3) is 0.600. The molecule has 20 heavy (non-hydrogen) atoms. The number of anilines is 1. The van der Waals surface area contributed by atoms with Crippen molar-refractivity contribution in [2.24, 2.45) is 0 Å². The maximum Gasteiger partial charge on any atom is 0.245 e. The van der Waals surface area contributed by atoms with Crippen molar-refractivity contribution in [1.82, 2.24) is 19.9 Å². The number of fused-ring (bicyclic) bond motifs is 1. The van der Waals surface area contributed by atoms with Crippen molar-refractivity contribution >= 4 is 11.6 Å². The Labute approximate surface area is 120 Å². The van der Waals surface area contributed by atoms with Crippen LogP contribution < -0.4 is 10.2 Å². The SMILES string of the molecule is CCCN(CC1CCCN1)c1nc2c(C)cccn2n1. The molecule has 0 amide bonds. The van der Waals surface area contributed by atoms with E-state index in [9.17, 15) is 0 Å². The molecule has 1 saturated heterocycles. The number of aromatic nitrogens is 3. The molecule has 2 aromatic rings. The van der Waals surface area contributed by atoms with Crippen molar-refractivity contribution in [3.05, 3.63) is 23.9 Å². The average Bonchev–Trinajstić information content (AvgIpc) is 3.07. The Morgan fingerprint density at radius 2 is 2.40 bits per heavy atom. The van der Waals surface area contributed by atoms with Gasteiger partial charge in [-0.1, -0.05) is 13.0 Å². The Kier molecular flexibility index (Phi) is 3.87. The molecule has 1 N–H and O–H groups in total.